The van der Waals surface area contributed by atoms with E-state index in [1.165, 1.54) is 6.07 Å². The van der Waals surface area contributed by atoms with E-state index >= 15 is 0 Å². The molecule has 1 saturated heterocycles. The maximum atomic E-state index is 13.6. The van der Waals surface area contributed by atoms with Crippen LogP contribution in [0.5, 0.6) is 0 Å². The van der Waals surface area contributed by atoms with Gasteiger partial charge >= 0.3 is 0 Å². The lowest BCUT2D eigenvalue weighted by atomic mass is 10.1. The number of aldehydes is 1. The zero-order valence-electron chi connectivity index (χ0n) is 8.99. The summed E-state index contributed by atoms with van der Waals surface area (Å²) in [6.45, 7) is 2.67. The summed E-state index contributed by atoms with van der Waals surface area (Å²) in [6, 6.07) is 4.69. The molecule has 1 fully saturated rings. The molecule has 0 aliphatic carbocycles. The number of carbonyl (C=O) groups is 1. The predicted molar refractivity (Wildman–Crippen MR) is 64.4 cm³/mol. The van der Waals surface area contributed by atoms with E-state index in [1.54, 1.807) is 12.1 Å². The zero-order chi connectivity index (χ0) is 11.4. The number of halogens is 1. The Balaban J connectivity index is 2.05. The molecule has 0 bridgehead atoms. The molecule has 1 aromatic rings. The molecule has 0 unspecified atom stereocenters. The molecule has 2 rings (SSSR count). The molecule has 0 spiro atoms. The van der Waals surface area contributed by atoms with Gasteiger partial charge in [0.2, 0.25) is 0 Å². The van der Waals surface area contributed by atoms with E-state index in [1.807, 2.05) is 11.8 Å². The largest absolute Gasteiger partial charge is 0.298 e. The molecule has 2 nitrogen and oxygen atoms in total. The van der Waals surface area contributed by atoms with E-state index in [0.29, 0.717) is 24.0 Å². The summed E-state index contributed by atoms with van der Waals surface area (Å²) in [7, 11) is 0. The van der Waals surface area contributed by atoms with Gasteiger partial charge < -0.3 is 0 Å². The van der Waals surface area contributed by atoms with Gasteiger partial charge in [0, 0.05) is 42.3 Å². The van der Waals surface area contributed by atoms with Crippen LogP contribution in [0.1, 0.15) is 15.9 Å². The van der Waals surface area contributed by atoms with E-state index in [9.17, 15) is 9.18 Å². The number of nitrogens with zero attached hydrogens (tertiary/aromatic N) is 1. The molecule has 1 aliphatic rings. The fraction of sp³-hybridized carbons (Fsp3) is 0.417. The monoisotopic (exact) mass is 239 g/mol. The van der Waals surface area contributed by atoms with Gasteiger partial charge in [-0.15, -0.1) is 0 Å². The average Bonchev–Trinajstić information content (AvgIpc) is 2.33. The molecular formula is C12H14FNOS. The van der Waals surface area contributed by atoms with Crippen LogP contribution in [-0.2, 0) is 6.54 Å². The van der Waals surface area contributed by atoms with Crippen LogP contribution in [0.25, 0.3) is 0 Å². The normalized spacial score (nSPS) is 17.3. The molecule has 0 atom stereocenters. The van der Waals surface area contributed by atoms with E-state index in [-0.39, 0.29) is 5.82 Å². The van der Waals surface area contributed by atoms with Crippen LogP contribution in [0.2, 0.25) is 0 Å². The Bertz CT molecular complexity index is 377. The first-order valence-corrected chi connectivity index (χ1v) is 6.49. The lowest BCUT2D eigenvalue weighted by Crippen LogP contribution is -2.32. The van der Waals surface area contributed by atoms with Gasteiger partial charge in [-0.1, -0.05) is 12.1 Å². The van der Waals surface area contributed by atoms with Gasteiger partial charge in [0.25, 0.3) is 0 Å². The Morgan fingerprint density at radius 3 is 2.75 bits per heavy atom. The highest BCUT2D eigenvalue weighted by molar-refractivity contribution is 7.99. The van der Waals surface area contributed by atoms with Gasteiger partial charge in [-0.25, -0.2) is 4.39 Å². The summed E-state index contributed by atoms with van der Waals surface area (Å²) in [4.78, 5) is 12.7. The Labute approximate surface area is 98.8 Å². The fourth-order valence-corrected chi connectivity index (χ4v) is 2.74. The van der Waals surface area contributed by atoms with Crippen molar-refractivity contribution in [3.05, 3.63) is 35.1 Å². The molecule has 86 valence electrons. The third-order valence-electron chi connectivity index (χ3n) is 2.71. The molecule has 1 aliphatic heterocycles. The predicted octanol–water partition coefficient (Wildman–Crippen LogP) is 2.19. The van der Waals surface area contributed by atoms with Crippen molar-refractivity contribution in [2.45, 2.75) is 6.54 Å². The number of hydrogen-bond acceptors (Lipinski definition) is 3. The van der Waals surface area contributed by atoms with Crippen molar-refractivity contribution in [3.8, 4) is 0 Å². The first kappa shape index (κ1) is 11.6. The highest BCUT2D eigenvalue weighted by Gasteiger charge is 2.12. The van der Waals surface area contributed by atoms with Crippen LogP contribution in [0, 0.1) is 5.82 Å². The maximum Gasteiger partial charge on any atom is 0.150 e. The third kappa shape index (κ3) is 2.83. The van der Waals surface area contributed by atoms with Crippen LogP contribution >= 0.6 is 11.8 Å². The highest BCUT2D eigenvalue weighted by Crippen LogP contribution is 2.15. The zero-order valence-corrected chi connectivity index (χ0v) is 9.80. The fourth-order valence-electron chi connectivity index (χ4n) is 1.77. The SMILES string of the molecule is O=Cc1ccc(CN2CCSCC2)c(F)c1. The highest BCUT2D eigenvalue weighted by atomic mass is 32.2. The summed E-state index contributed by atoms with van der Waals surface area (Å²) < 4.78 is 13.6. The number of carbonyl (C=O) groups excluding carboxylic acids is 1. The third-order valence-corrected chi connectivity index (χ3v) is 3.65. The minimum absolute atomic E-state index is 0.275. The minimum Gasteiger partial charge on any atom is -0.298 e. The first-order chi connectivity index (χ1) is 7.79. The molecule has 1 aromatic carbocycles. The van der Waals surface area contributed by atoms with Crippen molar-refractivity contribution in [1.82, 2.24) is 4.90 Å². The van der Waals surface area contributed by atoms with Crippen molar-refractivity contribution in [3.63, 3.8) is 0 Å². The lowest BCUT2D eigenvalue weighted by Gasteiger charge is -2.26. The molecule has 16 heavy (non-hydrogen) atoms. The van der Waals surface area contributed by atoms with E-state index in [0.717, 1.165) is 24.6 Å². The molecule has 0 aromatic heterocycles. The summed E-state index contributed by atoms with van der Waals surface area (Å²) in [5, 5.41) is 0. The van der Waals surface area contributed by atoms with Gasteiger partial charge in [0.1, 0.15) is 12.1 Å². The van der Waals surface area contributed by atoms with E-state index in [2.05, 4.69) is 4.90 Å². The molecular weight excluding hydrogens is 225 g/mol. The summed E-state index contributed by atoms with van der Waals surface area (Å²) >= 11 is 1.94. The van der Waals surface area contributed by atoms with Crippen molar-refractivity contribution in [2.75, 3.05) is 24.6 Å². The molecule has 4 heteroatoms. The average molecular weight is 239 g/mol. The summed E-state index contributed by atoms with van der Waals surface area (Å²) in [5.41, 5.74) is 1.08. The molecule has 0 N–H and O–H groups in total. The molecule has 0 amide bonds. The molecule has 0 radical (unpaired) electrons. The first-order valence-electron chi connectivity index (χ1n) is 5.33. The second-order valence-corrected chi connectivity index (χ2v) is 5.08. The van der Waals surface area contributed by atoms with Gasteiger partial charge in [0.15, 0.2) is 0 Å². The Morgan fingerprint density at radius 2 is 2.12 bits per heavy atom. The molecule has 0 saturated carbocycles. The van der Waals surface area contributed by atoms with Crippen LogP contribution in [0.15, 0.2) is 18.2 Å². The van der Waals surface area contributed by atoms with Gasteiger partial charge in [0.05, 0.1) is 0 Å². The Morgan fingerprint density at radius 1 is 1.38 bits per heavy atom. The van der Waals surface area contributed by atoms with Crippen LogP contribution in [0.3, 0.4) is 0 Å². The number of thioether (sulfide) groups is 1. The number of rotatable bonds is 3. The van der Waals surface area contributed by atoms with E-state index < -0.39 is 0 Å². The Hall–Kier alpha value is -0.870. The smallest absolute Gasteiger partial charge is 0.150 e. The number of hydrogen-bond donors (Lipinski definition) is 0. The standard InChI is InChI=1S/C12H14FNOS/c13-12-7-10(9-15)1-2-11(12)8-14-3-5-16-6-4-14/h1-2,7,9H,3-6,8H2. The maximum absolute atomic E-state index is 13.6. The summed E-state index contributed by atoms with van der Waals surface area (Å²) in [6.07, 6.45) is 0.671. The lowest BCUT2D eigenvalue weighted by molar-refractivity contribution is 0.112. The number of benzene rings is 1. The Kier molecular flexibility index (Phi) is 3.96. The van der Waals surface area contributed by atoms with Crippen LogP contribution in [-0.4, -0.2) is 35.8 Å². The van der Waals surface area contributed by atoms with Gasteiger partial charge in [-0.3, -0.25) is 9.69 Å². The van der Waals surface area contributed by atoms with Gasteiger partial charge in [-0.2, -0.15) is 11.8 Å². The second-order valence-electron chi connectivity index (χ2n) is 3.86. The van der Waals surface area contributed by atoms with Crippen LogP contribution in [0.4, 0.5) is 4.39 Å². The van der Waals surface area contributed by atoms with Gasteiger partial charge in [-0.05, 0) is 6.07 Å². The topological polar surface area (TPSA) is 20.3 Å². The van der Waals surface area contributed by atoms with Crippen LogP contribution < -0.4 is 0 Å². The second kappa shape index (κ2) is 5.46. The molecule has 1 heterocycles. The van der Waals surface area contributed by atoms with Crippen molar-refractivity contribution in [1.29, 1.82) is 0 Å². The van der Waals surface area contributed by atoms with E-state index in [4.69, 9.17) is 0 Å². The summed E-state index contributed by atoms with van der Waals surface area (Å²) in [5.74, 6) is 1.96. The van der Waals surface area contributed by atoms with Crippen molar-refractivity contribution >= 4 is 18.0 Å². The van der Waals surface area contributed by atoms with Crippen molar-refractivity contribution < 1.29 is 9.18 Å². The van der Waals surface area contributed by atoms with Crippen molar-refractivity contribution in [2.24, 2.45) is 0 Å². The quantitative estimate of drug-likeness (QED) is 0.754. The minimum atomic E-state index is -0.275.